The number of phosphoric ester groups is 1. The minimum atomic E-state index is -5.13. The summed E-state index contributed by atoms with van der Waals surface area (Å²) in [7, 11) is -5.13. The topological polar surface area (TPSA) is 210 Å². The lowest BCUT2D eigenvalue weighted by molar-refractivity contribution is -0.220. The molecule has 0 radical (unpaired) electrons. The van der Waals surface area contributed by atoms with Crippen LogP contribution in [0.25, 0.3) is 0 Å². The van der Waals surface area contributed by atoms with E-state index in [4.69, 9.17) is 18.5 Å². The number of aliphatic hydroxyl groups excluding tert-OH is 5. The summed E-state index contributed by atoms with van der Waals surface area (Å²) in [6.07, 6.45) is 30.0. The highest BCUT2D eigenvalue weighted by Gasteiger charge is 2.51. The smallest absolute Gasteiger partial charge is 0.462 e. The van der Waals surface area contributed by atoms with Crippen LogP contribution in [0.4, 0.5) is 0 Å². The van der Waals surface area contributed by atoms with Gasteiger partial charge in [0.2, 0.25) is 0 Å². The lowest BCUT2D eigenvalue weighted by atomic mass is 9.85. The Morgan fingerprint density at radius 1 is 0.517 bits per heavy atom. The number of esters is 2. The standard InChI is InChI=1S/C46H79O13P/c1-3-5-7-9-11-13-15-17-19-20-21-23-24-26-28-30-32-34-39(47)56-36-38(37-57-60(54,55)59-46-44(52)42(50)41(49)43(51)45(46)53)58-40(48)35-33-31-29-27-25-22-18-16-14-12-10-8-6-4-2/h11,13,16-19,21,23,26,28,38,41-46,49-53H,3-10,12,14-15,20,22,24-25,27,29-37H2,1-2H3,(H,54,55)/b13-11-,18-16-,19-17-,23-21-,28-26-/t38-,41?,42-,43?,44?,45?,46?/m1/s1. The molecule has 1 rings (SSSR count). The van der Waals surface area contributed by atoms with Crippen LogP contribution in [0.15, 0.2) is 60.8 Å². The molecule has 0 amide bonds. The van der Waals surface area contributed by atoms with E-state index in [0.29, 0.717) is 19.3 Å². The Morgan fingerprint density at radius 3 is 1.47 bits per heavy atom. The largest absolute Gasteiger partial charge is 0.472 e. The number of ether oxygens (including phenoxy) is 2. The molecular formula is C46H79O13P. The van der Waals surface area contributed by atoms with Crippen LogP contribution in [0.1, 0.15) is 162 Å². The molecule has 0 aromatic heterocycles. The van der Waals surface area contributed by atoms with Crippen LogP contribution in [-0.4, -0.2) is 98.3 Å². The van der Waals surface area contributed by atoms with Crippen LogP contribution >= 0.6 is 7.82 Å². The molecule has 13 nitrogen and oxygen atoms in total. The Kier molecular flexibility index (Phi) is 33.4. The summed E-state index contributed by atoms with van der Waals surface area (Å²) >= 11 is 0. The summed E-state index contributed by atoms with van der Waals surface area (Å²) < 4.78 is 33.4. The monoisotopic (exact) mass is 871 g/mol. The molecule has 346 valence electrons. The fraction of sp³-hybridized carbons (Fsp3) is 0.739. The van der Waals surface area contributed by atoms with Crippen molar-refractivity contribution in [1.82, 2.24) is 0 Å². The zero-order valence-electron chi connectivity index (χ0n) is 36.5. The molecule has 0 heterocycles. The highest BCUT2D eigenvalue weighted by Crippen LogP contribution is 2.47. The Morgan fingerprint density at radius 2 is 0.917 bits per heavy atom. The van der Waals surface area contributed by atoms with Gasteiger partial charge in [-0.25, -0.2) is 4.57 Å². The van der Waals surface area contributed by atoms with Crippen LogP contribution in [0.2, 0.25) is 0 Å². The zero-order valence-corrected chi connectivity index (χ0v) is 37.4. The van der Waals surface area contributed by atoms with E-state index in [0.717, 1.165) is 64.2 Å². The molecular weight excluding hydrogens is 791 g/mol. The number of hydrogen-bond donors (Lipinski definition) is 6. The van der Waals surface area contributed by atoms with E-state index in [1.54, 1.807) is 0 Å². The highest BCUT2D eigenvalue weighted by atomic mass is 31.2. The van der Waals surface area contributed by atoms with Gasteiger partial charge in [-0.1, -0.05) is 132 Å². The van der Waals surface area contributed by atoms with E-state index in [1.807, 2.05) is 12.2 Å². The number of carbonyl (C=O) groups is 2. The molecule has 6 N–H and O–H groups in total. The molecule has 0 spiro atoms. The van der Waals surface area contributed by atoms with Gasteiger partial charge in [0.1, 0.15) is 43.2 Å². The maximum Gasteiger partial charge on any atom is 0.472 e. The van der Waals surface area contributed by atoms with Crippen LogP contribution in [0.5, 0.6) is 0 Å². The molecule has 8 atom stereocenters. The van der Waals surface area contributed by atoms with Gasteiger partial charge in [0.05, 0.1) is 6.61 Å². The number of unbranched alkanes of at least 4 members (excludes halogenated alkanes) is 14. The molecule has 1 saturated carbocycles. The average Bonchev–Trinajstić information content (AvgIpc) is 3.23. The third-order valence-corrected chi connectivity index (χ3v) is 11.1. The van der Waals surface area contributed by atoms with Gasteiger partial charge in [0.15, 0.2) is 6.10 Å². The van der Waals surface area contributed by atoms with E-state index in [2.05, 4.69) is 62.5 Å². The van der Waals surface area contributed by atoms with Crippen molar-refractivity contribution in [3.8, 4) is 0 Å². The maximum atomic E-state index is 12.8. The molecule has 1 aliphatic rings. The summed E-state index contributed by atoms with van der Waals surface area (Å²) in [4.78, 5) is 35.6. The van der Waals surface area contributed by atoms with Crippen LogP contribution in [0.3, 0.4) is 0 Å². The van der Waals surface area contributed by atoms with Crippen LogP contribution < -0.4 is 0 Å². The van der Waals surface area contributed by atoms with Gasteiger partial charge in [-0.3, -0.25) is 18.6 Å². The SMILES string of the molecule is CCCCC/C=C\C/C=C\C/C=C\C/C=C\CCCC(=O)OC[C@H](COP(=O)(O)OC1C(O)C(O)C(O)[C@@H](O)C1O)OC(=O)CCCCCCC/C=C\CCCCCCC. The van der Waals surface area contributed by atoms with E-state index in [1.165, 1.54) is 51.4 Å². The van der Waals surface area contributed by atoms with Crippen molar-refractivity contribution in [2.24, 2.45) is 0 Å². The zero-order chi connectivity index (χ0) is 44.3. The van der Waals surface area contributed by atoms with E-state index >= 15 is 0 Å². The number of allylic oxidation sites excluding steroid dienone is 10. The van der Waals surface area contributed by atoms with Crippen molar-refractivity contribution in [1.29, 1.82) is 0 Å². The lowest BCUT2D eigenvalue weighted by Crippen LogP contribution is -2.64. The quantitative estimate of drug-likeness (QED) is 0.0151. The Labute approximate surface area is 360 Å². The van der Waals surface area contributed by atoms with Crippen LogP contribution in [0, 0.1) is 0 Å². The molecule has 1 fully saturated rings. The molecule has 0 aliphatic heterocycles. The minimum Gasteiger partial charge on any atom is -0.462 e. The second kappa shape index (κ2) is 36.1. The third kappa shape index (κ3) is 28.2. The van der Waals surface area contributed by atoms with E-state index in [9.17, 15) is 44.6 Å². The first kappa shape index (κ1) is 55.6. The second-order valence-electron chi connectivity index (χ2n) is 15.5. The number of carbonyl (C=O) groups excluding carboxylic acids is 2. The van der Waals surface area contributed by atoms with Crippen molar-refractivity contribution < 1.29 is 63.1 Å². The van der Waals surface area contributed by atoms with Crippen molar-refractivity contribution in [2.45, 2.75) is 204 Å². The number of aliphatic hydroxyl groups is 5. The first-order valence-corrected chi connectivity index (χ1v) is 24.1. The molecule has 0 saturated heterocycles. The predicted octanol–water partition coefficient (Wildman–Crippen LogP) is 8.55. The van der Waals surface area contributed by atoms with Gasteiger partial charge in [-0.15, -0.1) is 0 Å². The molecule has 0 bridgehead atoms. The fourth-order valence-electron chi connectivity index (χ4n) is 6.39. The average molecular weight is 871 g/mol. The first-order valence-electron chi connectivity index (χ1n) is 22.6. The van der Waals surface area contributed by atoms with Gasteiger partial charge in [-0.2, -0.15) is 0 Å². The van der Waals surface area contributed by atoms with E-state index < -0.39 is 75.7 Å². The molecule has 60 heavy (non-hydrogen) atoms. The first-order chi connectivity index (χ1) is 28.9. The van der Waals surface area contributed by atoms with Gasteiger partial charge in [-0.05, 0) is 77.0 Å². The molecule has 6 unspecified atom stereocenters. The van der Waals surface area contributed by atoms with Gasteiger partial charge >= 0.3 is 19.8 Å². The second-order valence-corrected chi connectivity index (χ2v) is 16.9. The molecule has 0 aromatic carbocycles. The number of rotatable bonds is 36. The third-order valence-electron chi connectivity index (χ3n) is 10.1. The Hall–Kier alpha value is -2.45. The molecule has 1 aliphatic carbocycles. The fourth-order valence-corrected chi connectivity index (χ4v) is 7.36. The molecule has 14 heteroatoms. The van der Waals surface area contributed by atoms with Gasteiger partial charge in [0, 0.05) is 12.8 Å². The van der Waals surface area contributed by atoms with Crippen molar-refractivity contribution in [2.75, 3.05) is 13.2 Å². The van der Waals surface area contributed by atoms with Crippen LogP contribution in [-0.2, 0) is 32.7 Å². The summed E-state index contributed by atoms with van der Waals surface area (Å²) in [6.45, 7) is 3.19. The summed E-state index contributed by atoms with van der Waals surface area (Å²) in [5.41, 5.74) is 0. The van der Waals surface area contributed by atoms with E-state index in [-0.39, 0.29) is 12.8 Å². The number of phosphoric acid groups is 1. The summed E-state index contributed by atoms with van der Waals surface area (Å²) in [5.74, 6) is -1.18. The van der Waals surface area contributed by atoms with Gasteiger partial charge < -0.3 is 39.9 Å². The van der Waals surface area contributed by atoms with Crippen molar-refractivity contribution in [3.05, 3.63) is 60.8 Å². The summed E-state index contributed by atoms with van der Waals surface area (Å²) in [6, 6.07) is 0. The Balaban J connectivity index is 2.53. The summed E-state index contributed by atoms with van der Waals surface area (Å²) in [5, 5.41) is 50.1. The lowest BCUT2D eigenvalue weighted by Gasteiger charge is -2.41. The van der Waals surface area contributed by atoms with Crippen molar-refractivity contribution in [3.63, 3.8) is 0 Å². The van der Waals surface area contributed by atoms with Crippen molar-refractivity contribution >= 4 is 19.8 Å². The highest BCUT2D eigenvalue weighted by molar-refractivity contribution is 7.47. The molecule has 0 aromatic rings. The number of hydrogen-bond acceptors (Lipinski definition) is 12. The maximum absolute atomic E-state index is 12.8. The normalized spacial score (nSPS) is 22.7. The predicted molar refractivity (Wildman–Crippen MR) is 235 cm³/mol. The Bertz CT molecular complexity index is 1280. The minimum absolute atomic E-state index is 0.0727. The van der Waals surface area contributed by atoms with Gasteiger partial charge in [0.25, 0.3) is 0 Å².